The van der Waals surface area contributed by atoms with Crippen LogP contribution in [0.3, 0.4) is 0 Å². The zero-order valence-corrected chi connectivity index (χ0v) is 13.8. The Morgan fingerprint density at radius 2 is 1.87 bits per heavy atom. The Hall–Kier alpha value is -1.38. The van der Waals surface area contributed by atoms with Crippen LogP contribution in [0.15, 0.2) is 24.3 Å². The molecule has 4 atom stereocenters. The second kappa shape index (κ2) is 10.4. The summed E-state index contributed by atoms with van der Waals surface area (Å²) in [6, 6.07) is 6.11. The number of hydrogen-bond acceptors (Lipinski definition) is 7. The van der Waals surface area contributed by atoms with E-state index in [1.54, 1.807) is 19.1 Å². The molecule has 0 radical (unpaired) electrons. The van der Waals surface area contributed by atoms with Gasteiger partial charge < -0.3 is 34.8 Å². The molecule has 4 unspecified atom stereocenters. The van der Waals surface area contributed by atoms with Crippen LogP contribution in [0, 0.1) is 0 Å². The maximum Gasteiger partial charge on any atom is 0.155 e. The molecule has 0 saturated heterocycles. The summed E-state index contributed by atoms with van der Waals surface area (Å²) in [6.45, 7) is 2.53. The first-order valence-corrected chi connectivity index (χ1v) is 7.57. The summed E-state index contributed by atoms with van der Waals surface area (Å²) in [7, 11) is 3.25. The van der Waals surface area contributed by atoms with Crippen molar-refractivity contribution in [2.45, 2.75) is 31.3 Å². The van der Waals surface area contributed by atoms with E-state index < -0.39 is 24.4 Å². The Morgan fingerprint density at radius 1 is 1.22 bits per heavy atom. The first-order valence-electron chi connectivity index (χ1n) is 7.57. The Bertz CT molecular complexity index is 423. The van der Waals surface area contributed by atoms with E-state index >= 15 is 0 Å². The van der Waals surface area contributed by atoms with E-state index in [0.717, 1.165) is 0 Å². The summed E-state index contributed by atoms with van der Waals surface area (Å²) in [5.74, 6) is 0.563. The highest BCUT2D eigenvalue weighted by Crippen LogP contribution is 2.21. The molecule has 0 aliphatic rings. The summed E-state index contributed by atoms with van der Waals surface area (Å²) in [4.78, 5) is 0. The Labute approximate surface area is 136 Å². The Balaban J connectivity index is 2.79. The topological polar surface area (TPSA) is 100 Å². The number of aliphatic hydroxyl groups excluding tert-OH is 2. The van der Waals surface area contributed by atoms with E-state index in [4.69, 9.17) is 14.2 Å². The summed E-state index contributed by atoms with van der Waals surface area (Å²) >= 11 is 0. The minimum atomic E-state index is -1.00. The van der Waals surface area contributed by atoms with Crippen LogP contribution in [-0.2, 0) is 9.47 Å². The molecular weight excluding hydrogens is 302 g/mol. The van der Waals surface area contributed by atoms with Gasteiger partial charge in [0.25, 0.3) is 0 Å². The molecule has 0 amide bonds. The van der Waals surface area contributed by atoms with Gasteiger partial charge in [-0.1, -0.05) is 0 Å². The number of ether oxygens (including phenoxy) is 3. The van der Waals surface area contributed by atoms with Gasteiger partial charge in [0.05, 0.1) is 19.3 Å². The number of aromatic hydroxyl groups is 1. The van der Waals surface area contributed by atoms with Gasteiger partial charge in [-0.25, -0.2) is 0 Å². The lowest BCUT2D eigenvalue weighted by molar-refractivity contribution is -0.124. The van der Waals surface area contributed by atoms with Gasteiger partial charge in [0.2, 0.25) is 0 Å². The van der Waals surface area contributed by atoms with E-state index in [2.05, 4.69) is 5.32 Å². The van der Waals surface area contributed by atoms with Crippen molar-refractivity contribution in [2.75, 3.05) is 33.9 Å². The van der Waals surface area contributed by atoms with Crippen LogP contribution in [0.25, 0.3) is 0 Å². The quantitative estimate of drug-likeness (QED) is 0.428. The highest BCUT2D eigenvalue weighted by molar-refractivity contribution is 5.30. The van der Waals surface area contributed by atoms with Crippen molar-refractivity contribution >= 4 is 0 Å². The van der Waals surface area contributed by atoms with Gasteiger partial charge in [0.15, 0.2) is 6.10 Å². The van der Waals surface area contributed by atoms with Gasteiger partial charge in [0, 0.05) is 13.7 Å². The fourth-order valence-electron chi connectivity index (χ4n) is 2.07. The molecule has 4 N–H and O–H groups in total. The molecular formula is C16H27NO6. The summed E-state index contributed by atoms with van der Waals surface area (Å²) in [5.41, 5.74) is 0. The first-order chi connectivity index (χ1) is 11.0. The number of likely N-dealkylation sites (N-methyl/N-ethyl adjacent to an activating group) is 1. The van der Waals surface area contributed by atoms with Gasteiger partial charge in [-0.05, 0) is 38.2 Å². The Morgan fingerprint density at radius 3 is 2.39 bits per heavy atom. The number of hydrogen-bond donors (Lipinski definition) is 4. The monoisotopic (exact) mass is 329 g/mol. The number of benzene rings is 1. The van der Waals surface area contributed by atoms with Crippen molar-refractivity contribution < 1.29 is 29.5 Å². The molecule has 0 aliphatic carbocycles. The normalized spacial score (nSPS) is 16.6. The largest absolute Gasteiger partial charge is 0.508 e. The Kier molecular flexibility index (Phi) is 8.90. The lowest BCUT2D eigenvalue weighted by atomic mass is 10.0. The standard InChI is InChI=1S/C16H27NO6/c1-11(22-9-8-17-2)15(20)16(14(10-18)21-3)23-13-6-4-12(19)5-7-13/h4-7,11,14-20H,8-10H2,1-3H3. The molecule has 0 bridgehead atoms. The maximum atomic E-state index is 10.5. The van der Waals surface area contributed by atoms with E-state index in [-0.39, 0.29) is 12.4 Å². The molecule has 0 heterocycles. The molecule has 23 heavy (non-hydrogen) atoms. The molecule has 7 heteroatoms. The van der Waals surface area contributed by atoms with Gasteiger partial charge in [0.1, 0.15) is 23.7 Å². The van der Waals surface area contributed by atoms with Crippen LogP contribution in [-0.4, -0.2) is 73.7 Å². The first kappa shape index (κ1) is 19.7. The maximum absolute atomic E-state index is 10.5. The number of rotatable bonds is 11. The third kappa shape index (κ3) is 6.32. The molecule has 1 rings (SSSR count). The van der Waals surface area contributed by atoms with E-state index in [1.165, 1.54) is 19.2 Å². The SMILES string of the molecule is CNCCOC(C)C(O)C(Oc1ccc(O)cc1)C(CO)OC. The number of methoxy groups -OCH3 is 1. The van der Waals surface area contributed by atoms with Crippen molar-refractivity contribution in [1.29, 1.82) is 0 Å². The molecule has 0 aromatic heterocycles. The van der Waals surface area contributed by atoms with E-state index in [1.807, 2.05) is 7.05 Å². The molecule has 0 spiro atoms. The fourth-order valence-corrected chi connectivity index (χ4v) is 2.07. The minimum Gasteiger partial charge on any atom is -0.508 e. The molecule has 0 fully saturated rings. The summed E-state index contributed by atoms with van der Waals surface area (Å²) in [5, 5.41) is 32.2. The highest BCUT2D eigenvalue weighted by Gasteiger charge is 2.34. The number of phenolic OH excluding ortho intramolecular Hbond substituents is 1. The zero-order valence-electron chi connectivity index (χ0n) is 13.8. The van der Waals surface area contributed by atoms with Crippen molar-refractivity contribution in [1.82, 2.24) is 5.32 Å². The predicted octanol–water partition coefficient (Wildman–Crippen LogP) is 0.132. The van der Waals surface area contributed by atoms with Gasteiger partial charge in [-0.3, -0.25) is 0 Å². The number of phenols is 1. The van der Waals surface area contributed by atoms with Crippen LogP contribution in [0.4, 0.5) is 0 Å². The molecule has 1 aromatic rings. The van der Waals surface area contributed by atoms with Crippen molar-refractivity contribution in [3.8, 4) is 11.5 Å². The van der Waals surface area contributed by atoms with Gasteiger partial charge in [-0.2, -0.15) is 0 Å². The number of nitrogens with one attached hydrogen (secondary N) is 1. The second-order valence-corrected chi connectivity index (χ2v) is 5.20. The van der Waals surface area contributed by atoms with Crippen LogP contribution in [0.1, 0.15) is 6.92 Å². The van der Waals surface area contributed by atoms with Crippen LogP contribution < -0.4 is 10.1 Å². The summed E-state index contributed by atoms with van der Waals surface area (Å²) < 4.78 is 16.5. The molecule has 0 saturated carbocycles. The summed E-state index contributed by atoms with van der Waals surface area (Å²) in [6.07, 6.45) is -3.04. The zero-order chi connectivity index (χ0) is 17.2. The van der Waals surface area contributed by atoms with E-state index in [9.17, 15) is 15.3 Å². The lowest BCUT2D eigenvalue weighted by Crippen LogP contribution is -2.50. The molecule has 132 valence electrons. The molecule has 7 nitrogen and oxygen atoms in total. The minimum absolute atomic E-state index is 0.115. The fraction of sp³-hybridized carbons (Fsp3) is 0.625. The van der Waals surface area contributed by atoms with E-state index in [0.29, 0.717) is 18.9 Å². The average Bonchev–Trinajstić information content (AvgIpc) is 2.56. The van der Waals surface area contributed by atoms with Crippen molar-refractivity contribution in [3.63, 3.8) is 0 Å². The smallest absolute Gasteiger partial charge is 0.155 e. The third-order valence-electron chi connectivity index (χ3n) is 3.51. The van der Waals surface area contributed by atoms with Crippen LogP contribution >= 0.6 is 0 Å². The molecule has 1 aromatic carbocycles. The lowest BCUT2D eigenvalue weighted by Gasteiger charge is -2.32. The van der Waals surface area contributed by atoms with Crippen LogP contribution in [0.5, 0.6) is 11.5 Å². The number of aliphatic hydroxyl groups is 2. The second-order valence-electron chi connectivity index (χ2n) is 5.20. The van der Waals surface area contributed by atoms with Gasteiger partial charge in [-0.15, -0.1) is 0 Å². The van der Waals surface area contributed by atoms with Crippen molar-refractivity contribution in [2.24, 2.45) is 0 Å². The highest BCUT2D eigenvalue weighted by atomic mass is 16.6. The predicted molar refractivity (Wildman–Crippen MR) is 85.8 cm³/mol. The van der Waals surface area contributed by atoms with Gasteiger partial charge >= 0.3 is 0 Å². The van der Waals surface area contributed by atoms with Crippen molar-refractivity contribution in [3.05, 3.63) is 24.3 Å². The molecule has 0 aliphatic heterocycles. The average molecular weight is 329 g/mol. The third-order valence-corrected chi connectivity index (χ3v) is 3.51. The van der Waals surface area contributed by atoms with Crippen LogP contribution in [0.2, 0.25) is 0 Å².